The molecule has 1 amide bonds. The molecular formula is C19H28Cl2N2O. The highest BCUT2D eigenvalue weighted by molar-refractivity contribution is 6.30. The lowest BCUT2D eigenvalue weighted by molar-refractivity contribution is -0.131. The highest BCUT2D eigenvalue weighted by Crippen LogP contribution is 2.27. The number of piperazine rings is 1. The van der Waals surface area contributed by atoms with Crippen molar-refractivity contribution < 1.29 is 4.79 Å². The van der Waals surface area contributed by atoms with Crippen LogP contribution in [0.4, 0.5) is 5.69 Å². The molecule has 3 nitrogen and oxygen atoms in total. The van der Waals surface area contributed by atoms with E-state index in [1.54, 1.807) is 0 Å². The topological polar surface area (TPSA) is 23.6 Å². The van der Waals surface area contributed by atoms with E-state index in [0.717, 1.165) is 55.6 Å². The molecule has 134 valence electrons. The van der Waals surface area contributed by atoms with Crippen molar-refractivity contribution in [3.63, 3.8) is 0 Å². The molecule has 1 aromatic carbocycles. The van der Waals surface area contributed by atoms with E-state index in [-0.39, 0.29) is 12.4 Å². The molecule has 0 unspecified atom stereocenters. The van der Waals surface area contributed by atoms with Gasteiger partial charge in [-0.2, -0.15) is 0 Å². The van der Waals surface area contributed by atoms with Gasteiger partial charge in [-0.25, -0.2) is 0 Å². The number of anilines is 1. The van der Waals surface area contributed by atoms with Gasteiger partial charge in [0.2, 0.25) is 5.91 Å². The number of hydrogen-bond acceptors (Lipinski definition) is 2. The van der Waals surface area contributed by atoms with Crippen LogP contribution >= 0.6 is 24.0 Å². The maximum absolute atomic E-state index is 12.4. The van der Waals surface area contributed by atoms with E-state index in [1.807, 2.05) is 23.1 Å². The lowest BCUT2D eigenvalue weighted by atomic mass is 9.86. The molecule has 0 N–H and O–H groups in total. The van der Waals surface area contributed by atoms with Gasteiger partial charge in [0.15, 0.2) is 0 Å². The minimum atomic E-state index is 0. The SMILES string of the molecule is Cl.O=C(CCC1CCCCC1)N1CCN(c2cccc(Cl)c2)CC1. The van der Waals surface area contributed by atoms with Gasteiger partial charge in [-0.3, -0.25) is 4.79 Å². The molecular weight excluding hydrogens is 343 g/mol. The molecule has 0 radical (unpaired) electrons. The average Bonchev–Trinajstić information content (AvgIpc) is 2.61. The van der Waals surface area contributed by atoms with Crippen molar-refractivity contribution in [3.05, 3.63) is 29.3 Å². The number of rotatable bonds is 4. The first-order chi connectivity index (χ1) is 11.2. The number of halogens is 2. The fourth-order valence-electron chi connectivity index (χ4n) is 3.85. The Morgan fingerprint density at radius 3 is 2.46 bits per heavy atom. The smallest absolute Gasteiger partial charge is 0.222 e. The monoisotopic (exact) mass is 370 g/mol. The van der Waals surface area contributed by atoms with E-state index < -0.39 is 0 Å². The lowest BCUT2D eigenvalue weighted by Gasteiger charge is -2.36. The zero-order valence-corrected chi connectivity index (χ0v) is 15.8. The van der Waals surface area contributed by atoms with Crippen LogP contribution in [0.3, 0.4) is 0 Å². The quantitative estimate of drug-likeness (QED) is 0.761. The zero-order valence-electron chi connectivity index (χ0n) is 14.3. The second-order valence-corrected chi connectivity index (χ2v) is 7.33. The normalized spacial score (nSPS) is 19.0. The molecule has 1 saturated carbocycles. The Kier molecular flexibility index (Phi) is 7.70. The van der Waals surface area contributed by atoms with Crippen molar-refractivity contribution in [1.82, 2.24) is 4.90 Å². The first-order valence-electron chi connectivity index (χ1n) is 9.00. The maximum Gasteiger partial charge on any atom is 0.222 e. The maximum atomic E-state index is 12.4. The molecule has 0 aromatic heterocycles. The standard InChI is InChI=1S/C19H27ClN2O.ClH/c20-17-7-4-8-18(15-17)21-11-13-22(14-12-21)19(23)10-9-16-5-2-1-3-6-16;/h4,7-8,15-16H,1-3,5-6,9-14H2;1H. The fourth-order valence-corrected chi connectivity index (χ4v) is 4.03. The second-order valence-electron chi connectivity index (χ2n) is 6.89. The summed E-state index contributed by atoms with van der Waals surface area (Å²) in [5, 5.41) is 0.772. The summed E-state index contributed by atoms with van der Waals surface area (Å²) in [6, 6.07) is 7.98. The van der Waals surface area contributed by atoms with E-state index in [2.05, 4.69) is 11.0 Å². The molecule has 1 heterocycles. The predicted octanol–water partition coefficient (Wildman–Crippen LogP) is 4.77. The molecule has 24 heavy (non-hydrogen) atoms. The Bertz CT molecular complexity index is 524. The molecule has 2 aliphatic rings. The molecule has 1 saturated heterocycles. The summed E-state index contributed by atoms with van der Waals surface area (Å²) in [5.41, 5.74) is 1.16. The predicted molar refractivity (Wildman–Crippen MR) is 103 cm³/mol. The Balaban J connectivity index is 0.00000208. The highest BCUT2D eigenvalue weighted by atomic mass is 35.5. The Morgan fingerprint density at radius 2 is 1.79 bits per heavy atom. The second kappa shape index (κ2) is 9.53. The molecule has 2 fully saturated rings. The lowest BCUT2D eigenvalue weighted by Crippen LogP contribution is -2.48. The summed E-state index contributed by atoms with van der Waals surface area (Å²) >= 11 is 6.07. The average molecular weight is 371 g/mol. The summed E-state index contributed by atoms with van der Waals surface area (Å²) in [6.45, 7) is 3.46. The number of carbonyl (C=O) groups excluding carboxylic acids is 1. The van der Waals surface area contributed by atoms with Crippen LogP contribution in [-0.2, 0) is 4.79 Å². The van der Waals surface area contributed by atoms with E-state index in [9.17, 15) is 4.79 Å². The third-order valence-corrected chi connectivity index (χ3v) is 5.53. The van der Waals surface area contributed by atoms with E-state index >= 15 is 0 Å². The van der Waals surface area contributed by atoms with Crippen LogP contribution in [0.2, 0.25) is 5.02 Å². The Labute approximate surface area is 156 Å². The highest BCUT2D eigenvalue weighted by Gasteiger charge is 2.22. The third-order valence-electron chi connectivity index (χ3n) is 5.30. The van der Waals surface area contributed by atoms with Gasteiger partial charge in [-0.1, -0.05) is 49.8 Å². The molecule has 0 bridgehead atoms. The summed E-state index contributed by atoms with van der Waals surface area (Å²) < 4.78 is 0. The Morgan fingerprint density at radius 1 is 1.08 bits per heavy atom. The van der Waals surface area contributed by atoms with E-state index in [4.69, 9.17) is 11.6 Å². The van der Waals surface area contributed by atoms with Gasteiger partial charge in [-0.05, 0) is 30.5 Å². The third kappa shape index (κ3) is 5.29. The van der Waals surface area contributed by atoms with Gasteiger partial charge in [0.25, 0.3) is 0 Å². The number of benzene rings is 1. The van der Waals surface area contributed by atoms with Crippen LogP contribution in [0, 0.1) is 5.92 Å². The molecule has 1 aliphatic heterocycles. The summed E-state index contributed by atoms with van der Waals surface area (Å²) in [6.07, 6.45) is 8.59. The largest absolute Gasteiger partial charge is 0.368 e. The molecule has 1 aliphatic carbocycles. The number of hydrogen-bond donors (Lipinski definition) is 0. The fraction of sp³-hybridized carbons (Fsp3) is 0.632. The van der Waals surface area contributed by atoms with Gasteiger partial charge in [0.1, 0.15) is 0 Å². The van der Waals surface area contributed by atoms with Crippen LogP contribution in [-0.4, -0.2) is 37.0 Å². The molecule has 3 rings (SSSR count). The molecule has 0 atom stereocenters. The van der Waals surface area contributed by atoms with Crippen LogP contribution in [0.25, 0.3) is 0 Å². The van der Waals surface area contributed by atoms with Crippen LogP contribution in [0.15, 0.2) is 24.3 Å². The van der Waals surface area contributed by atoms with Gasteiger partial charge in [0, 0.05) is 43.3 Å². The number of nitrogens with zero attached hydrogens (tertiary/aromatic N) is 2. The van der Waals surface area contributed by atoms with Crippen LogP contribution in [0.1, 0.15) is 44.9 Å². The first-order valence-corrected chi connectivity index (χ1v) is 9.38. The molecule has 0 spiro atoms. The van der Waals surface area contributed by atoms with Crippen LogP contribution in [0.5, 0.6) is 0 Å². The van der Waals surface area contributed by atoms with E-state index in [0.29, 0.717) is 5.91 Å². The van der Waals surface area contributed by atoms with Crippen molar-refractivity contribution in [2.45, 2.75) is 44.9 Å². The minimum absolute atomic E-state index is 0. The summed E-state index contributed by atoms with van der Waals surface area (Å²) in [4.78, 5) is 16.8. The van der Waals surface area contributed by atoms with Crippen molar-refractivity contribution in [2.75, 3.05) is 31.1 Å². The van der Waals surface area contributed by atoms with Crippen molar-refractivity contribution >= 4 is 35.6 Å². The summed E-state index contributed by atoms with van der Waals surface area (Å²) in [5.74, 6) is 1.14. The van der Waals surface area contributed by atoms with Gasteiger partial charge < -0.3 is 9.80 Å². The summed E-state index contributed by atoms with van der Waals surface area (Å²) in [7, 11) is 0. The van der Waals surface area contributed by atoms with Crippen molar-refractivity contribution in [1.29, 1.82) is 0 Å². The van der Waals surface area contributed by atoms with Gasteiger partial charge >= 0.3 is 0 Å². The van der Waals surface area contributed by atoms with E-state index in [1.165, 1.54) is 32.1 Å². The zero-order chi connectivity index (χ0) is 16.1. The first kappa shape index (κ1) is 19.4. The molecule has 1 aromatic rings. The van der Waals surface area contributed by atoms with Crippen molar-refractivity contribution in [3.8, 4) is 0 Å². The Hall–Kier alpha value is -0.930. The number of carbonyl (C=O) groups is 1. The van der Waals surface area contributed by atoms with Crippen molar-refractivity contribution in [2.24, 2.45) is 5.92 Å². The van der Waals surface area contributed by atoms with Crippen LogP contribution < -0.4 is 4.90 Å². The number of amides is 1. The van der Waals surface area contributed by atoms with Gasteiger partial charge in [-0.15, -0.1) is 12.4 Å². The minimum Gasteiger partial charge on any atom is -0.368 e. The molecule has 5 heteroatoms. The van der Waals surface area contributed by atoms with Gasteiger partial charge in [0.05, 0.1) is 0 Å².